The van der Waals surface area contributed by atoms with Crippen molar-refractivity contribution in [2.24, 2.45) is 0 Å². The summed E-state index contributed by atoms with van der Waals surface area (Å²) in [6.07, 6.45) is 0. The van der Waals surface area contributed by atoms with Crippen molar-refractivity contribution in [2.75, 3.05) is 31.5 Å². The van der Waals surface area contributed by atoms with Crippen LogP contribution in [0, 0.1) is 0 Å². The Balaban J connectivity index is 2.11. The summed E-state index contributed by atoms with van der Waals surface area (Å²) in [6, 6.07) is 12.0. The number of hydrogen-bond acceptors (Lipinski definition) is 4. The molecular formula is C17H20N2O4. The van der Waals surface area contributed by atoms with Crippen molar-refractivity contribution in [1.29, 1.82) is 0 Å². The van der Waals surface area contributed by atoms with E-state index >= 15 is 0 Å². The van der Waals surface area contributed by atoms with Crippen molar-refractivity contribution in [3.8, 4) is 17.2 Å². The largest absolute Gasteiger partial charge is 0.497 e. The van der Waals surface area contributed by atoms with Gasteiger partial charge in [-0.05, 0) is 19.1 Å². The van der Waals surface area contributed by atoms with Crippen LogP contribution in [0.4, 0.5) is 16.2 Å². The average molecular weight is 316 g/mol. The molecule has 2 N–H and O–H groups in total. The second kappa shape index (κ2) is 7.93. The van der Waals surface area contributed by atoms with Gasteiger partial charge < -0.3 is 24.8 Å². The molecule has 0 radical (unpaired) electrons. The monoisotopic (exact) mass is 316 g/mol. The Morgan fingerprint density at radius 3 is 2.26 bits per heavy atom. The van der Waals surface area contributed by atoms with Crippen LogP contribution < -0.4 is 24.8 Å². The predicted molar refractivity (Wildman–Crippen MR) is 89.8 cm³/mol. The Kier molecular flexibility index (Phi) is 5.68. The van der Waals surface area contributed by atoms with Crippen molar-refractivity contribution in [3.05, 3.63) is 42.5 Å². The van der Waals surface area contributed by atoms with Gasteiger partial charge in [-0.15, -0.1) is 0 Å². The molecule has 6 heteroatoms. The summed E-state index contributed by atoms with van der Waals surface area (Å²) < 4.78 is 15.8. The second-order valence-corrected chi connectivity index (χ2v) is 4.61. The lowest BCUT2D eigenvalue weighted by molar-refractivity contribution is 0.262. The van der Waals surface area contributed by atoms with Gasteiger partial charge in [0, 0.05) is 23.9 Å². The Hall–Kier alpha value is -2.89. The highest BCUT2D eigenvalue weighted by Crippen LogP contribution is 2.27. The zero-order chi connectivity index (χ0) is 16.7. The highest BCUT2D eigenvalue weighted by atomic mass is 16.5. The molecule has 0 aliphatic rings. The van der Waals surface area contributed by atoms with Crippen LogP contribution in [0.3, 0.4) is 0 Å². The maximum atomic E-state index is 12.2. The highest BCUT2D eigenvalue weighted by molar-refractivity contribution is 6.00. The molecule has 0 unspecified atom stereocenters. The van der Waals surface area contributed by atoms with Crippen LogP contribution >= 0.6 is 0 Å². The topological polar surface area (TPSA) is 68.8 Å². The van der Waals surface area contributed by atoms with Crippen molar-refractivity contribution in [1.82, 2.24) is 0 Å². The summed E-state index contributed by atoms with van der Waals surface area (Å²) >= 11 is 0. The van der Waals surface area contributed by atoms with E-state index in [9.17, 15) is 4.79 Å². The van der Waals surface area contributed by atoms with Crippen molar-refractivity contribution >= 4 is 17.4 Å². The molecule has 122 valence electrons. The molecule has 2 amide bonds. The third-order valence-corrected chi connectivity index (χ3v) is 3.04. The number of para-hydroxylation sites is 2. The third-order valence-electron chi connectivity index (χ3n) is 3.04. The number of anilines is 2. The molecule has 2 aromatic rings. The van der Waals surface area contributed by atoms with Crippen LogP contribution in [0.25, 0.3) is 0 Å². The number of carbonyl (C=O) groups is 1. The molecule has 0 saturated carbocycles. The first-order valence-corrected chi connectivity index (χ1v) is 7.19. The van der Waals surface area contributed by atoms with Crippen LogP contribution in [0.2, 0.25) is 0 Å². The van der Waals surface area contributed by atoms with Gasteiger partial charge in [0.05, 0.1) is 26.5 Å². The van der Waals surface area contributed by atoms with Crippen molar-refractivity contribution < 1.29 is 19.0 Å². The van der Waals surface area contributed by atoms with E-state index in [2.05, 4.69) is 10.6 Å². The summed E-state index contributed by atoms with van der Waals surface area (Å²) in [5.74, 6) is 1.80. The molecule has 0 heterocycles. The van der Waals surface area contributed by atoms with E-state index in [0.29, 0.717) is 35.2 Å². The second-order valence-electron chi connectivity index (χ2n) is 4.61. The molecule has 2 aromatic carbocycles. The molecule has 0 atom stereocenters. The van der Waals surface area contributed by atoms with Gasteiger partial charge >= 0.3 is 6.03 Å². The first-order valence-electron chi connectivity index (χ1n) is 7.19. The summed E-state index contributed by atoms with van der Waals surface area (Å²) in [6.45, 7) is 2.41. The minimum absolute atomic E-state index is 0.382. The fourth-order valence-electron chi connectivity index (χ4n) is 2.02. The van der Waals surface area contributed by atoms with E-state index in [1.807, 2.05) is 19.1 Å². The SMILES string of the molecule is CCOc1ccccc1NC(=O)Nc1cc(OC)cc(OC)c1. The highest BCUT2D eigenvalue weighted by Gasteiger charge is 2.09. The Labute approximate surface area is 135 Å². The fraction of sp³-hybridized carbons (Fsp3) is 0.235. The molecule has 0 bridgehead atoms. The molecule has 0 fully saturated rings. The molecule has 6 nitrogen and oxygen atoms in total. The smallest absolute Gasteiger partial charge is 0.323 e. The maximum absolute atomic E-state index is 12.2. The van der Waals surface area contributed by atoms with Gasteiger partial charge in [0.2, 0.25) is 0 Å². The number of urea groups is 1. The quantitative estimate of drug-likeness (QED) is 0.851. The van der Waals surface area contributed by atoms with E-state index in [1.54, 1.807) is 44.6 Å². The summed E-state index contributed by atoms with van der Waals surface area (Å²) in [5.41, 5.74) is 1.16. The van der Waals surface area contributed by atoms with E-state index in [-0.39, 0.29) is 6.03 Å². The normalized spacial score (nSPS) is 9.87. The van der Waals surface area contributed by atoms with Crippen molar-refractivity contribution in [3.63, 3.8) is 0 Å². The van der Waals surface area contributed by atoms with E-state index in [0.717, 1.165) is 0 Å². The van der Waals surface area contributed by atoms with E-state index < -0.39 is 0 Å². The number of nitrogens with one attached hydrogen (secondary N) is 2. The van der Waals surface area contributed by atoms with Crippen LogP contribution in [-0.4, -0.2) is 26.9 Å². The van der Waals surface area contributed by atoms with E-state index in [1.165, 1.54) is 0 Å². The van der Waals surface area contributed by atoms with Gasteiger partial charge in [0.15, 0.2) is 0 Å². The van der Waals surface area contributed by atoms with Gasteiger partial charge in [-0.3, -0.25) is 0 Å². The summed E-state index contributed by atoms with van der Waals surface area (Å²) in [7, 11) is 3.11. The maximum Gasteiger partial charge on any atom is 0.323 e. The van der Waals surface area contributed by atoms with Crippen LogP contribution in [0.15, 0.2) is 42.5 Å². The van der Waals surface area contributed by atoms with Gasteiger partial charge in [-0.1, -0.05) is 12.1 Å². The van der Waals surface area contributed by atoms with Gasteiger partial charge in [-0.25, -0.2) is 4.79 Å². The number of rotatable bonds is 6. The Bertz CT molecular complexity index is 651. The van der Waals surface area contributed by atoms with Gasteiger partial charge in [0.25, 0.3) is 0 Å². The Morgan fingerprint density at radius 2 is 1.65 bits per heavy atom. The van der Waals surface area contributed by atoms with Crippen LogP contribution in [0.5, 0.6) is 17.2 Å². The first-order chi connectivity index (χ1) is 11.2. The predicted octanol–water partition coefficient (Wildman–Crippen LogP) is 3.75. The molecule has 0 aliphatic carbocycles. The fourth-order valence-corrected chi connectivity index (χ4v) is 2.02. The molecule has 2 rings (SSSR count). The minimum Gasteiger partial charge on any atom is -0.497 e. The summed E-state index contributed by atoms with van der Waals surface area (Å²) in [5, 5.41) is 5.51. The molecule has 0 aliphatic heterocycles. The summed E-state index contributed by atoms with van der Waals surface area (Å²) in [4.78, 5) is 12.2. The molecule has 0 spiro atoms. The number of amides is 2. The first kappa shape index (κ1) is 16.5. The minimum atomic E-state index is -0.382. The lowest BCUT2D eigenvalue weighted by atomic mass is 10.2. The van der Waals surface area contributed by atoms with Crippen molar-refractivity contribution in [2.45, 2.75) is 6.92 Å². The van der Waals surface area contributed by atoms with E-state index in [4.69, 9.17) is 14.2 Å². The molecule has 0 aromatic heterocycles. The third kappa shape index (κ3) is 4.54. The number of carbonyl (C=O) groups excluding carboxylic acids is 1. The molecular weight excluding hydrogens is 296 g/mol. The standard InChI is InChI=1S/C17H20N2O4/c1-4-23-16-8-6-5-7-15(16)19-17(20)18-12-9-13(21-2)11-14(10-12)22-3/h5-11H,4H2,1-3H3,(H2,18,19,20). The molecule has 23 heavy (non-hydrogen) atoms. The lowest BCUT2D eigenvalue weighted by Crippen LogP contribution is -2.20. The number of hydrogen-bond donors (Lipinski definition) is 2. The van der Waals surface area contributed by atoms with Gasteiger partial charge in [0.1, 0.15) is 17.2 Å². The zero-order valence-corrected chi connectivity index (χ0v) is 13.4. The van der Waals surface area contributed by atoms with Crippen LogP contribution in [-0.2, 0) is 0 Å². The van der Waals surface area contributed by atoms with Gasteiger partial charge in [-0.2, -0.15) is 0 Å². The number of methoxy groups -OCH3 is 2. The lowest BCUT2D eigenvalue weighted by Gasteiger charge is -2.13. The number of benzene rings is 2. The zero-order valence-electron chi connectivity index (χ0n) is 13.4. The molecule has 0 saturated heterocycles. The number of ether oxygens (including phenoxy) is 3. The average Bonchev–Trinajstić information content (AvgIpc) is 2.56. The van der Waals surface area contributed by atoms with Crippen LogP contribution in [0.1, 0.15) is 6.92 Å². The Morgan fingerprint density at radius 1 is 1.00 bits per heavy atom.